The number of hydrogen-bond acceptors (Lipinski definition) is 4. The Morgan fingerprint density at radius 3 is 2.32 bits per heavy atom. The molecule has 0 unspecified atom stereocenters. The van der Waals surface area contributed by atoms with E-state index in [4.69, 9.17) is 4.74 Å². The third-order valence-electron chi connectivity index (χ3n) is 5.08. The second-order valence-electron chi connectivity index (χ2n) is 8.98. The number of aromatic nitrogens is 2. The van der Waals surface area contributed by atoms with Crippen LogP contribution in [0, 0.1) is 5.41 Å². The fourth-order valence-electron chi connectivity index (χ4n) is 3.48. The van der Waals surface area contributed by atoms with E-state index in [1.54, 1.807) is 10.6 Å². The first-order valence-electron chi connectivity index (χ1n) is 10.7. The fraction of sp³-hybridized carbons (Fsp3) is 0.375. The summed E-state index contributed by atoms with van der Waals surface area (Å²) in [4.78, 5) is 30.3. The highest BCUT2D eigenvalue weighted by Gasteiger charge is 2.35. The molecule has 0 bridgehead atoms. The zero-order chi connectivity index (χ0) is 25.3. The molecule has 2 N–H and O–H groups in total. The number of carbonyl (C=O) groups is 2. The molecule has 2 amide bonds. The molecule has 10 heteroatoms. The van der Waals surface area contributed by atoms with Gasteiger partial charge in [-0.2, -0.15) is 18.2 Å². The summed E-state index contributed by atoms with van der Waals surface area (Å²) in [6.45, 7) is 8.59. The normalized spacial score (nSPS) is 12.0. The zero-order valence-electron chi connectivity index (χ0n) is 19.6. The molecule has 3 aromatic rings. The van der Waals surface area contributed by atoms with E-state index >= 15 is 0 Å². The van der Waals surface area contributed by atoms with Gasteiger partial charge in [-0.25, -0.2) is 0 Å². The Kier molecular flexibility index (Phi) is 6.90. The molecule has 0 fully saturated rings. The van der Waals surface area contributed by atoms with Crippen LogP contribution < -0.4 is 15.4 Å². The quantitative estimate of drug-likeness (QED) is 0.518. The number of amides is 2. The van der Waals surface area contributed by atoms with E-state index in [9.17, 15) is 22.8 Å². The van der Waals surface area contributed by atoms with Crippen molar-refractivity contribution in [1.29, 1.82) is 0 Å². The van der Waals surface area contributed by atoms with Crippen molar-refractivity contribution in [3.05, 3.63) is 53.1 Å². The minimum atomic E-state index is -4.69. The van der Waals surface area contributed by atoms with E-state index in [1.165, 1.54) is 25.3 Å². The molecule has 0 spiro atoms. The second-order valence-corrected chi connectivity index (χ2v) is 8.98. The lowest BCUT2D eigenvalue weighted by Crippen LogP contribution is -2.32. The Hall–Kier alpha value is -3.56. The van der Waals surface area contributed by atoms with E-state index in [1.807, 2.05) is 27.7 Å². The lowest BCUT2D eigenvalue weighted by atomic mass is 9.97. The number of alkyl halides is 3. The molecule has 1 heterocycles. The summed E-state index contributed by atoms with van der Waals surface area (Å²) in [6.07, 6.45) is -4.69. The van der Waals surface area contributed by atoms with Gasteiger partial charge >= 0.3 is 6.18 Å². The van der Waals surface area contributed by atoms with Crippen LogP contribution in [0.15, 0.2) is 36.4 Å². The van der Waals surface area contributed by atoms with Gasteiger partial charge in [-0.3, -0.25) is 14.2 Å². The van der Waals surface area contributed by atoms with Crippen molar-refractivity contribution in [2.45, 2.75) is 40.4 Å². The number of nitrogens with one attached hydrogen (secondary N) is 2. The highest BCUT2D eigenvalue weighted by molar-refractivity contribution is 6.10. The first-order chi connectivity index (χ1) is 15.9. The van der Waals surface area contributed by atoms with Gasteiger partial charge in [-0.1, -0.05) is 32.9 Å². The van der Waals surface area contributed by atoms with Gasteiger partial charge in [0.1, 0.15) is 5.52 Å². The molecule has 2 aromatic carbocycles. The topological polar surface area (TPSA) is 85.2 Å². The summed E-state index contributed by atoms with van der Waals surface area (Å²) in [5, 5.41) is 5.35. The number of methoxy groups -OCH3 is 1. The van der Waals surface area contributed by atoms with Gasteiger partial charge in [0.15, 0.2) is 0 Å². The number of benzene rings is 2. The number of imidazole rings is 1. The molecule has 0 aliphatic heterocycles. The molecule has 0 aliphatic rings. The third kappa shape index (κ3) is 5.32. The van der Waals surface area contributed by atoms with Crippen LogP contribution in [0.3, 0.4) is 0 Å². The van der Waals surface area contributed by atoms with E-state index in [0.29, 0.717) is 24.1 Å². The number of hydrogen-bond donors (Lipinski definition) is 2. The Bertz CT molecular complexity index is 1230. The van der Waals surface area contributed by atoms with E-state index < -0.39 is 29.1 Å². The number of nitrogens with zero attached hydrogens (tertiary/aromatic N) is 2. The second kappa shape index (κ2) is 9.36. The van der Waals surface area contributed by atoms with Crippen LogP contribution in [0.2, 0.25) is 0 Å². The minimum absolute atomic E-state index is 0.160. The summed E-state index contributed by atoms with van der Waals surface area (Å²) < 4.78 is 47.2. The standard InChI is InChI=1S/C24H27F3N4O3/c1-6-31-18-12-14(29-21(33)15-9-7-8-10-17(15)24(25,26)27)11-16(19(18)30-22(31)34-5)20(32)28-13-23(2,3)4/h7-12H,6,13H2,1-5H3,(H,28,32)(H,29,33). The van der Waals surface area contributed by atoms with E-state index in [0.717, 1.165) is 12.1 Å². The van der Waals surface area contributed by atoms with Gasteiger partial charge in [-0.15, -0.1) is 0 Å². The molecule has 1 aromatic heterocycles. The van der Waals surface area contributed by atoms with Crippen LogP contribution in [0.1, 0.15) is 54.0 Å². The molecule has 7 nitrogen and oxygen atoms in total. The molecule has 0 radical (unpaired) electrons. The molecule has 0 saturated carbocycles. The molecule has 182 valence electrons. The van der Waals surface area contributed by atoms with Crippen LogP contribution in [0.25, 0.3) is 11.0 Å². The summed E-state index contributed by atoms with van der Waals surface area (Å²) >= 11 is 0. The van der Waals surface area contributed by atoms with Crippen LogP contribution in [0.5, 0.6) is 6.01 Å². The highest BCUT2D eigenvalue weighted by atomic mass is 19.4. The van der Waals surface area contributed by atoms with Crippen molar-refractivity contribution in [1.82, 2.24) is 14.9 Å². The summed E-state index contributed by atoms with van der Waals surface area (Å²) in [6, 6.07) is 7.76. The van der Waals surface area contributed by atoms with Gasteiger partial charge < -0.3 is 15.4 Å². The monoisotopic (exact) mass is 476 g/mol. The van der Waals surface area contributed by atoms with Gasteiger partial charge in [-0.05, 0) is 36.6 Å². The Balaban J connectivity index is 2.08. The molecule has 0 atom stereocenters. The number of rotatable bonds is 6. The Labute approximate surface area is 195 Å². The predicted octanol–water partition coefficient (Wildman–Crippen LogP) is 5.11. The number of aryl methyl sites for hydroxylation is 1. The Morgan fingerprint density at radius 1 is 1.06 bits per heavy atom. The fourth-order valence-corrected chi connectivity index (χ4v) is 3.48. The van der Waals surface area contributed by atoms with Gasteiger partial charge in [0.25, 0.3) is 17.8 Å². The van der Waals surface area contributed by atoms with Gasteiger partial charge in [0.2, 0.25) is 0 Å². The van der Waals surface area contributed by atoms with Crippen molar-refractivity contribution < 1.29 is 27.5 Å². The maximum absolute atomic E-state index is 13.4. The summed E-state index contributed by atoms with van der Waals surface area (Å²) in [5.74, 6) is -1.36. The lowest BCUT2D eigenvalue weighted by Gasteiger charge is -2.19. The first kappa shape index (κ1) is 25.1. The largest absolute Gasteiger partial charge is 0.468 e. The maximum atomic E-state index is 13.4. The minimum Gasteiger partial charge on any atom is -0.468 e. The third-order valence-corrected chi connectivity index (χ3v) is 5.08. The van der Waals surface area contributed by atoms with Crippen molar-refractivity contribution >= 4 is 28.5 Å². The average molecular weight is 476 g/mol. The number of anilines is 1. The van der Waals surface area contributed by atoms with Crippen LogP contribution >= 0.6 is 0 Å². The van der Waals surface area contributed by atoms with E-state index in [2.05, 4.69) is 15.6 Å². The SMILES string of the molecule is CCn1c(OC)nc2c(C(=O)NCC(C)(C)C)cc(NC(=O)c3ccccc3C(F)(F)F)cc21. The predicted molar refractivity (Wildman–Crippen MR) is 123 cm³/mol. The van der Waals surface area contributed by atoms with Crippen molar-refractivity contribution in [2.24, 2.45) is 5.41 Å². The van der Waals surface area contributed by atoms with Crippen LogP contribution in [0.4, 0.5) is 18.9 Å². The molecule has 0 saturated heterocycles. The highest BCUT2D eigenvalue weighted by Crippen LogP contribution is 2.33. The van der Waals surface area contributed by atoms with Gasteiger partial charge in [0, 0.05) is 18.8 Å². The van der Waals surface area contributed by atoms with Crippen LogP contribution in [-0.2, 0) is 12.7 Å². The lowest BCUT2D eigenvalue weighted by molar-refractivity contribution is -0.137. The zero-order valence-corrected chi connectivity index (χ0v) is 19.6. The maximum Gasteiger partial charge on any atom is 0.417 e. The van der Waals surface area contributed by atoms with Gasteiger partial charge in [0.05, 0.1) is 29.3 Å². The molecule has 3 rings (SSSR count). The molecule has 0 aliphatic carbocycles. The number of halogens is 3. The number of carbonyl (C=O) groups excluding carboxylic acids is 2. The summed E-state index contributed by atoms with van der Waals surface area (Å²) in [5.41, 5.74) is -0.546. The first-order valence-corrected chi connectivity index (χ1v) is 10.7. The molecule has 34 heavy (non-hydrogen) atoms. The smallest absolute Gasteiger partial charge is 0.417 e. The molecular weight excluding hydrogens is 449 g/mol. The summed E-state index contributed by atoms with van der Waals surface area (Å²) in [7, 11) is 1.45. The Morgan fingerprint density at radius 2 is 1.74 bits per heavy atom. The van der Waals surface area contributed by atoms with Crippen molar-refractivity contribution in [2.75, 3.05) is 19.0 Å². The number of fused-ring (bicyclic) bond motifs is 1. The van der Waals surface area contributed by atoms with E-state index in [-0.39, 0.29) is 22.7 Å². The van der Waals surface area contributed by atoms with Crippen molar-refractivity contribution in [3.8, 4) is 6.01 Å². The average Bonchev–Trinajstić information content (AvgIpc) is 3.13. The van der Waals surface area contributed by atoms with Crippen molar-refractivity contribution in [3.63, 3.8) is 0 Å². The van der Waals surface area contributed by atoms with Crippen LogP contribution in [-0.4, -0.2) is 35.0 Å². The number of ether oxygens (including phenoxy) is 1. The molecular formula is C24H27F3N4O3.